The molecule has 0 bridgehead atoms. The molecule has 1 N–H and O–H groups in total. The molecule has 8 heteroatoms. The number of benzene rings is 1. The summed E-state index contributed by atoms with van der Waals surface area (Å²) in [5.41, 5.74) is 1.28. The second kappa shape index (κ2) is 8.28. The smallest absolute Gasteiger partial charge is 0.338 e. The number of esters is 1. The Kier molecular flexibility index (Phi) is 5.62. The highest BCUT2D eigenvalue weighted by molar-refractivity contribution is 5.89. The van der Waals surface area contributed by atoms with Gasteiger partial charge in [-0.05, 0) is 37.3 Å². The van der Waals surface area contributed by atoms with Crippen LogP contribution in [0, 0.1) is 0 Å². The number of hydrogen-bond acceptors (Lipinski definition) is 7. The number of ether oxygens (including phenoxy) is 1. The molecule has 2 heterocycles. The standard InChI is InChI=1S/C18H21N5O3/c1-2-26-17(25)14-3-5-15(6-4-14)20-18-19-8-7-16(21-18)23-11-9-22(13-24)10-12-23/h3-8,13H,2,9-12H2,1H3,(H,19,20,21). The van der Waals surface area contributed by atoms with Gasteiger partial charge in [0.15, 0.2) is 0 Å². The van der Waals surface area contributed by atoms with E-state index in [4.69, 9.17) is 4.74 Å². The van der Waals surface area contributed by atoms with E-state index >= 15 is 0 Å². The molecule has 0 atom stereocenters. The number of nitrogens with zero attached hydrogens (tertiary/aromatic N) is 4. The Hall–Kier alpha value is -3.16. The molecule has 3 rings (SSSR count). The number of rotatable bonds is 6. The summed E-state index contributed by atoms with van der Waals surface area (Å²) < 4.78 is 4.97. The number of carbonyl (C=O) groups excluding carboxylic acids is 2. The maximum Gasteiger partial charge on any atom is 0.338 e. The minimum atomic E-state index is -0.341. The molecule has 1 aliphatic rings. The predicted molar refractivity (Wildman–Crippen MR) is 97.6 cm³/mol. The highest BCUT2D eigenvalue weighted by atomic mass is 16.5. The van der Waals surface area contributed by atoms with Crippen LogP contribution < -0.4 is 10.2 Å². The highest BCUT2D eigenvalue weighted by Crippen LogP contribution is 2.18. The Bertz CT molecular complexity index is 758. The van der Waals surface area contributed by atoms with E-state index in [1.807, 2.05) is 6.07 Å². The van der Waals surface area contributed by atoms with E-state index in [2.05, 4.69) is 20.2 Å². The number of amides is 1. The van der Waals surface area contributed by atoms with Crippen molar-refractivity contribution in [2.45, 2.75) is 6.92 Å². The summed E-state index contributed by atoms with van der Waals surface area (Å²) in [5, 5.41) is 3.13. The molecule has 8 nitrogen and oxygen atoms in total. The molecule has 1 aromatic carbocycles. The molecule has 1 fully saturated rings. The fourth-order valence-electron chi connectivity index (χ4n) is 2.68. The van der Waals surface area contributed by atoms with E-state index in [0.29, 0.717) is 31.2 Å². The van der Waals surface area contributed by atoms with Crippen molar-refractivity contribution < 1.29 is 14.3 Å². The summed E-state index contributed by atoms with van der Waals surface area (Å²) in [7, 11) is 0. The zero-order chi connectivity index (χ0) is 18.4. The van der Waals surface area contributed by atoms with Crippen molar-refractivity contribution in [1.29, 1.82) is 0 Å². The Balaban J connectivity index is 1.65. The van der Waals surface area contributed by atoms with Crippen LogP contribution in [0.1, 0.15) is 17.3 Å². The van der Waals surface area contributed by atoms with Gasteiger partial charge in [0.2, 0.25) is 12.4 Å². The number of carbonyl (C=O) groups is 2. The van der Waals surface area contributed by atoms with Crippen LogP contribution in [0.2, 0.25) is 0 Å². The van der Waals surface area contributed by atoms with Crippen molar-refractivity contribution in [1.82, 2.24) is 14.9 Å². The molecule has 0 radical (unpaired) electrons. The molecule has 26 heavy (non-hydrogen) atoms. The maximum atomic E-state index is 11.7. The second-order valence-corrected chi connectivity index (χ2v) is 5.79. The molecule has 0 unspecified atom stereocenters. The van der Waals surface area contributed by atoms with E-state index in [9.17, 15) is 9.59 Å². The largest absolute Gasteiger partial charge is 0.462 e. The van der Waals surface area contributed by atoms with Gasteiger partial charge in [-0.15, -0.1) is 0 Å². The van der Waals surface area contributed by atoms with Crippen LogP contribution in [0.25, 0.3) is 0 Å². The molecule has 0 saturated carbocycles. The summed E-state index contributed by atoms with van der Waals surface area (Å²) in [5.74, 6) is 0.951. The fourth-order valence-corrected chi connectivity index (χ4v) is 2.68. The third kappa shape index (κ3) is 4.27. The third-order valence-electron chi connectivity index (χ3n) is 4.08. The summed E-state index contributed by atoms with van der Waals surface area (Å²) in [6, 6.07) is 8.81. The van der Waals surface area contributed by atoms with Gasteiger partial charge in [-0.25, -0.2) is 9.78 Å². The average molecular weight is 355 g/mol. The van der Waals surface area contributed by atoms with Crippen LogP contribution in [0.15, 0.2) is 36.5 Å². The van der Waals surface area contributed by atoms with Crippen LogP contribution in [0.4, 0.5) is 17.5 Å². The summed E-state index contributed by atoms with van der Waals surface area (Å²) in [4.78, 5) is 35.1. The van der Waals surface area contributed by atoms with Gasteiger partial charge in [-0.1, -0.05) is 0 Å². The highest BCUT2D eigenvalue weighted by Gasteiger charge is 2.17. The number of anilines is 3. The molecule has 1 aliphatic heterocycles. The van der Waals surface area contributed by atoms with E-state index in [0.717, 1.165) is 31.0 Å². The maximum absolute atomic E-state index is 11.7. The molecule has 1 saturated heterocycles. The van der Waals surface area contributed by atoms with Gasteiger partial charge in [0.05, 0.1) is 12.2 Å². The Labute approximate surface area is 151 Å². The van der Waals surface area contributed by atoms with Crippen molar-refractivity contribution in [3.63, 3.8) is 0 Å². The van der Waals surface area contributed by atoms with Gasteiger partial charge in [0, 0.05) is 38.1 Å². The Morgan fingerprint density at radius 1 is 1.19 bits per heavy atom. The van der Waals surface area contributed by atoms with E-state index in [1.165, 1.54) is 0 Å². The SMILES string of the molecule is CCOC(=O)c1ccc(Nc2nccc(N3CCN(C=O)CC3)n2)cc1. The predicted octanol–water partition coefficient (Wildman–Crippen LogP) is 1.68. The number of aromatic nitrogens is 2. The van der Waals surface area contributed by atoms with Gasteiger partial charge >= 0.3 is 5.97 Å². The first kappa shape index (κ1) is 17.7. The first-order valence-electron chi connectivity index (χ1n) is 8.51. The van der Waals surface area contributed by atoms with Gasteiger partial charge in [0.1, 0.15) is 5.82 Å². The molecule has 136 valence electrons. The first-order valence-corrected chi connectivity index (χ1v) is 8.51. The lowest BCUT2D eigenvalue weighted by Crippen LogP contribution is -2.46. The molecule has 2 aromatic rings. The molecule has 0 aliphatic carbocycles. The van der Waals surface area contributed by atoms with Gasteiger partial charge in [0.25, 0.3) is 0 Å². The monoisotopic (exact) mass is 355 g/mol. The van der Waals surface area contributed by atoms with Gasteiger partial charge in [-0.2, -0.15) is 4.98 Å². The van der Waals surface area contributed by atoms with Gasteiger partial charge in [-0.3, -0.25) is 4.79 Å². The quantitative estimate of drug-likeness (QED) is 0.623. The lowest BCUT2D eigenvalue weighted by molar-refractivity contribution is -0.118. The van der Waals surface area contributed by atoms with Crippen LogP contribution in [0.5, 0.6) is 0 Å². The number of hydrogen-bond donors (Lipinski definition) is 1. The lowest BCUT2D eigenvalue weighted by Gasteiger charge is -2.33. The number of piperazine rings is 1. The normalized spacial score (nSPS) is 14.0. The lowest BCUT2D eigenvalue weighted by atomic mass is 10.2. The zero-order valence-corrected chi connectivity index (χ0v) is 14.6. The third-order valence-corrected chi connectivity index (χ3v) is 4.08. The van der Waals surface area contributed by atoms with Crippen molar-refractivity contribution >= 4 is 29.8 Å². The van der Waals surface area contributed by atoms with Crippen LogP contribution in [0.3, 0.4) is 0 Å². The molecule has 0 spiro atoms. The van der Waals surface area contributed by atoms with Crippen molar-refractivity contribution in [3.05, 3.63) is 42.1 Å². The van der Waals surface area contributed by atoms with Crippen LogP contribution in [-0.4, -0.2) is 60.0 Å². The van der Waals surface area contributed by atoms with Crippen molar-refractivity contribution in [3.8, 4) is 0 Å². The second-order valence-electron chi connectivity index (χ2n) is 5.79. The van der Waals surface area contributed by atoms with Gasteiger partial charge < -0.3 is 19.9 Å². The van der Waals surface area contributed by atoms with E-state index in [-0.39, 0.29) is 5.97 Å². The minimum absolute atomic E-state index is 0.341. The molecule has 1 aromatic heterocycles. The topological polar surface area (TPSA) is 87.7 Å². The summed E-state index contributed by atoms with van der Waals surface area (Å²) in [6.07, 6.45) is 2.58. The summed E-state index contributed by atoms with van der Waals surface area (Å²) >= 11 is 0. The Morgan fingerprint density at radius 3 is 2.58 bits per heavy atom. The summed E-state index contributed by atoms with van der Waals surface area (Å²) in [6.45, 7) is 4.97. The fraction of sp³-hybridized carbons (Fsp3) is 0.333. The van der Waals surface area contributed by atoms with Crippen LogP contribution in [-0.2, 0) is 9.53 Å². The Morgan fingerprint density at radius 2 is 1.92 bits per heavy atom. The van der Waals surface area contributed by atoms with E-state index < -0.39 is 0 Å². The molecular weight excluding hydrogens is 334 g/mol. The average Bonchev–Trinajstić information content (AvgIpc) is 2.69. The van der Waals surface area contributed by atoms with Crippen LogP contribution >= 0.6 is 0 Å². The van der Waals surface area contributed by atoms with E-state index in [1.54, 1.807) is 42.3 Å². The first-order chi connectivity index (χ1) is 12.7. The minimum Gasteiger partial charge on any atom is -0.462 e. The van der Waals surface area contributed by atoms with Crippen molar-refractivity contribution in [2.24, 2.45) is 0 Å². The number of nitrogens with one attached hydrogen (secondary N) is 1. The molecule has 1 amide bonds. The van der Waals surface area contributed by atoms with Crippen molar-refractivity contribution in [2.75, 3.05) is 43.0 Å². The molecular formula is C18H21N5O3. The zero-order valence-electron chi connectivity index (χ0n) is 14.6.